The van der Waals surface area contributed by atoms with Crippen molar-refractivity contribution in [1.82, 2.24) is 0 Å². The SMILES string of the molecule is Cc1ccc(CC(=O)O)cc1CC(C)C. The molecule has 0 aliphatic rings. The molecule has 1 N–H and O–H groups in total. The third kappa shape index (κ3) is 3.74. The summed E-state index contributed by atoms with van der Waals surface area (Å²) in [6.45, 7) is 6.41. The van der Waals surface area contributed by atoms with E-state index in [0.29, 0.717) is 5.92 Å². The van der Waals surface area contributed by atoms with Gasteiger partial charge in [-0.15, -0.1) is 0 Å². The van der Waals surface area contributed by atoms with E-state index in [9.17, 15) is 4.79 Å². The number of carboxylic acid groups (broad SMARTS) is 1. The highest BCUT2D eigenvalue weighted by atomic mass is 16.4. The number of carbonyl (C=O) groups is 1. The van der Waals surface area contributed by atoms with E-state index in [-0.39, 0.29) is 6.42 Å². The molecule has 0 fully saturated rings. The van der Waals surface area contributed by atoms with Crippen LogP contribution < -0.4 is 0 Å². The Morgan fingerprint density at radius 1 is 1.40 bits per heavy atom. The van der Waals surface area contributed by atoms with Crippen molar-refractivity contribution in [1.29, 1.82) is 0 Å². The second-order valence-electron chi connectivity index (χ2n) is 4.43. The standard InChI is InChI=1S/C13H18O2/c1-9(2)6-12-7-11(8-13(14)15)5-4-10(12)3/h4-5,7,9H,6,8H2,1-3H3,(H,14,15). The Kier molecular flexibility index (Phi) is 3.89. The number of aliphatic carboxylic acids is 1. The van der Waals surface area contributed by atoms with Gasteiger partial charge in [0.05, 0.1) is 6.42 Å². The average Bonchev–Trinajstić information content (AvgIpc) is 2.09. The van der Waals surface area contributed by atoms with Crippen LogP contribution in [0.25, 0.3) is 0 Å². The van der Waals surface area contributed by atoms with E-state index < -0.39 is 5.97 Å². The normalized spacial score (nSPS) is 10.7. The molecule has 82 valence electrons. The van der Waals surface area contributed by atoms with Crippen LogP contribution in [-0.2, 0) is 17.6 Å². The summed E-state index contributed by atoms with van der Waals surface area (Å²) in [5.74, 6) is -0.168. The summed E-state index contributed by atoms with van der Waals surface area (Å²) < 4.78 is 0. The average molecular weight is 206 g/mol. The van der Waals surface area contributed by atoms with Crippen LogP contribution in [0.5, 0.6) is 0 Å². The number of rotatable bonds is 4. The first kappa shape index (κ1) is 11.8. The van der Waals surface area contributed by atoms with E-state index in [1.54, 1.807) is 0 Å². The molecule has 0 bridgehead atoms. The lowest BCUT2D eigenvalue weighted by Gasteiger charge is -2.10. The molecule has 0 saturated carbocycles. The van der Waals surface area contributed by atoms with Gasteiger partial charge in [0.2, 0.25) is 0 Å². The van der Waals surface area contributed by atoms with Gasteiger partial charge in [0.25, 0.3) is 0 Å². The number of carboxylic acids is 1. The second kappa shape index (κ2) is 4.96. The number of aryl methyl sites for hydroxylation is 1. The third-order valence-corrected chi connectivity index (χ3v) is 2.40. The molecule has 1 aromatic rings. The highest BCUT2D eigenvalue weighted by molar-refractivity contribution is 5.70. The maximum atomic E-state index is 10.6. The van der Waals surface area contributed by atoms with Gasteiger partial charge in [-0.25, -0.2) is 0 Å². The molecular formula is C13H18O2. The molecule has 0 spiro atoms. The monoisotopic (exact) mass is 206 g/mol. The lowest BCUT2D eigenvalue weighted by Crippen LogP contribution is -2.03. The van der Waals surface area contributed by atoms with Crippen LogP contribution in [0.15, 0.2) is 18.2 Å². The van der Waals surface area contributed by atoms with Gasteiger partial charge in [0, 0.05) is 0 Å². The fourth-order valence-corrected chi connectivity index (χ4v) is 1.67. The molecule has 0 heterocycles. The van der Waals surface area contributed by atoms with Gasteiger partial charge in [0.1, 0.15) is 0 Å². The zero-order chi connectivity index (χ0) is 11.4. The smallest absolute Gasteiger partial charge is 0.307 e. The Morgan fingerprint density at radius 2 is 2.07 bits per heavy atom. The molecule has 0 aromatic heterocycles. The predicted octanol–water partition coefficient (Wildman–Crippen LogP) is 2.82. The summed E-state index contributed by atoms with van der Waals surface area (Å²) in [5.41, 5.74) is 3.41. The Morgan fingerprint density at radius 3 is 2.60 bits per heavy atom. The summed E-state index contributed by atoms with van der Waals surface area (Å²) >= 11 is 0. The van der Waals surface area contributed by atoms with Crippen LogP contribution >= 0.6 is 0 Å². The Hall–Kier alpha value is -1.31. The number of hydrogen-bond donors (Lipinski definition) is 1. The summed E-state index contributed by atoms with van der Waals surface area (Å²) in [6, 6.07) is 5.92. The van der Waals surface area contributed by atoms with Gasteiger partial charge >= 0.3 is 5.97 Å². The summed E-state index contributed by atoms with van der Waals surface area (Å²) in [5, 5.41) is 8.71. The topological polar surface area (TPSA) is 37.3 Å². The highest BCUT2D eigenvalue weighted by Crippen LogP contribution is 2.15. The van der Waals surface area contributed by atoms with E-state index in [4.69, 9.17) is 5.11 Å². The van der Waals surface area contributed by atoms with Crippen molar-refractivity contribution in [3.8, 4) is 0 Å². The number of hydrogen-bond acceptors (Lipinski definition) is 1. The van der Waals surface area contributed by atoms with Crippen LogP contribution in [0.4, 0.5) is 0 Å². The van der Waals surface area contributed by atoms with E-state index in [1.807, 2.05) is 18.2 Å². The molecule has 2 nitrogen and oxygen atoms in total. The minimum Gasteiger partial charge on any atom is -0.481 e. The predicted molar refractivity (Wildman–Crippen MR) is 61.1 cm³/mol. The van der Waals surface area contributed by atoms with Crippen molar-refractivity contribution in [3.63, 3.8) is 0 Å². The van der Waals surface area contributed by atoms with Crippen LogP contribution in [0.1, 0.15) is 30.5 Å². The first-order chi connectivity index (χ1) is 6.99. The third-order valence-electron chi connectivity index (χ3n) is 2.40. The van der Waals surface area contributed by atoms with Crippen molar-refractivity contribution in [2.45, 2.75) is 33.6 Å². The van der Waals surface area contributed by atoms with Crippen LogP contribution in [0.2, 0.25) is 0 Å². The van der Waals surface area contributed by atoms with Crippen molar-refractivity contribution >= 4 is 5.97 Å². The van der Waals surface area contributed by atoms with Crippen LogP contribution in [0, 0.1) is 12.8 Å². The first-order valence-corrected chi connectivity index (χ1v) is 5.29. The highest BCUT2D eigenvalue weighted by Gasteiger charge is 2.05. The molecule has 1 rings (SSSR count). The second-order valence-corrected chi connectivity index (χ2v) is 4.43. The van der Waals surface area contributed by atoms with Crippen molar-refractivity contribution in [2.75, 3.05) is 0 Å². The first-order valence-electron chi connectivity index (χ1n) is 5.29. The largest absolute Gasteiger partial charge is 0.481 e. The lowest BCUT2D eigenvalue weighted by molar-refractivity contribution is -0.136. The van der Waals surface area contributed by atoms with Gasteiger partial charge in [-0.3, -0.25) is 4.79 Å². The van der Waals surface area contributed by atoms with Gasteiger partial charge < -0.3 is 5.11 Å². The Balaban J connectivity index is 2.89. The molecule has 0 amide bonds. The van der Waals surface area contributed by atoms with E-state index in [0.717, 1.165) is 12.0 Å². The zero-order valence-corrected chi connectivity index (χ0v) is 9.58. The molecule has 0 aliphatic carbocycles. The number of benzene rings is 1. The Bertz CT molecular complexity index is 354. The van der Waals surface area contributed by atoms with Crippen LogP contribution in [-0.4, -0.2) is 11.1 Å². The maximum Gasteiger partial charge on any atom is 0.307 e. The minimum absolute atomic E-state index is 0.116. The summed E-state index contributed by atoms with van der Waals surface area (Å²) in [7, 11) is 0. The molecule has 1 aromatic carbocycles. The fraction of sp³-hybridized carbons (Fsp3) is 0.462. The molecule has 0 atom stereocenters. The van der Waals surface area contributed by atoms with Crippen molar-refractivity contribution in [3.05, 3.63) is 34.9 Å². The quantitative estimate of drug-likeness (QED) is 0.822. The molecule has 0 unspecified atom stereocenters. The van der Waals surface area contributed by atoms with Gasteiger partial charge in [-0.1, -0.05) is 32.0 Å². The zero-order valence-electron chi connectivity index (χ0n) is 9.58. The summed E-state index contributed by atoms with van der Waals surface area (Å²) in [6.07, 6.45) is 1.13. The molecule has 2 heteroatoms. The van der Waals surface area contributed by atoms with E-state index >= 15 is 0 Å². The van der Waals surface area contributed by atoms with Gasteiger partial charge in [-0.2, -0.15) is 0 Å². The van der Waals surface area contributed by atoms with Gasteiger partial charge in [-0.05, 0) is 36.0 Å². The van der Waals surface area contributed by atoms with Crippen molar-refractivity contribution < 1.29 is 9.90 Å². The maximum absolute atomic E-state index is 10.6. The van der Waals surface area contributed by atoms with Crippen molar-refractivity contribution in [2.24, 2.45) is 5.92 Å². The minimum atomic E-state index is -0.769. The molecule has 0 saturated heterocycles. The molecule has 0 radical (unpaired) electrons. The van der Waals surface area contributed by atoms with Crippen LogP contribution in [0.3, 0.4) is 0 Å². The molecule has 0 aliphatic heterocycles. The molecule has 15 heavy (non-hydrogen) atoms. The fourth-order valence-electron chi connectivity index (χ4n) is 1.67. The van der Waals surface area contributed by atoms with E-state index in [1.165, 1.54) is 11.1 Å². The molecular weight excluding hydrogens is 188 g/mol. The Labute approximate surface area is 90.9 Å². The summed E-state index contributed by atoms with van der Waals surface area (Å²) in [4.78, 5) is 10.6. The lowest BCUT2D eigenvalue weighted by atomic mass is 9.96. The van der Waals surface area contributed by atoms with Gasteiger partial charge in [0.15, 0.2) is 0 Å². The van der Waals surface area contributed by atoms with E-state index in [2.05, 4.69) is 20.8 Å².